The molecule has 1 unspecified atom stereocenters. The van der Waals surface area contributed by atoms with Crippen LogP contribution in [0.2, 0.25) is 5.02 Å². The quantitative estimate of drug-likeness (QED) is 0.750. The van der Waals surface area contributed by atoms with Crippen molar-refractivity contribution >= 4 is 11.6 Å². The summed E-state index contributed by atoms with van der Waals surface area (Å²) in [4.78, 5) is 0. The van der Waals surface area contributed by atoms with Crippen LogP contribution in [0.1, 0.15) is 24.7 Å². The highest BCUT2D eigenvalue weighted by atomic mass is 35.5. The molecule has 1 rings (SSSR count). The van der Waals surface area contributed by atoms with E-state index in [0.717, 1.165) is 29.4 Å². The molecule has 5 heteroatoms. The van der Waals surface area contributed by atoms with Crippen LogP contribution >= 0.6 is 11.6 Å². The van der Waals surface area contributed by atoms with Gasteiger partial charge >= 0.3 is 0 Å². The van der Waals surface area contributed by atoms with Crippen LogP contribution in [-0.4, -0.2) is 27.5 Å². The Balaban J connectivity index is 2.44. The lowest BCUT2D eigenvalue weighted by atomic mass is 10.3. The predicted molar refractivity (Wildman–Crippen MR) is 61.0 cm³/mol. The summed E-state index contributed by atoms with van der Waals surface area (Å²) in [6.07, 6.45) is 0.482. The van der Waals surface area contributed by atoms with Gasteiger partial charge in [0, 0.05) is 13.6 Å². The van der Waals surface area contributed by atoms with Crippen LogP contribution in [0.15, 0.2) is 0 Å². The molecule has 15 heavy (non-hydrogen) atoms. The van der Waals surface area contributed by atoms with E-state index in [9.17, 15) is 0 Å². The van der Waals surface area contributed by atoms with Crippen molar-refractivity contribution in [3.05, 3.63) is 16.4 Å². The van der Waals surface area contributed by atoms with Crippen LogP contribution in [-0.2, 0) is 13.6 Å². The highest BCUT2D eigenvalue weighted by Crippen LogP contribution is 2.18. The zero-order valence-electron chi connectivity index (χ0n) is 9.42. The Bertz CT molecular complexity index is 323. The molecule has 0 bridgehead atoms. The minimum absolute atomic E-state index is 0.263. The smallest absolute Gasteiger partial charge is 0.0860 e. The second kappa shape index (κ2) is 5.49. The molecule has 1 aromatic heterocycles. The molecule has 86 valence electrons. The zero-order valence-corrected chi connectivity index (χ0v) is 10.2. The molecule has 0 aromatic carbocycles. The highest BCUT2D eigenvalue weighted by Gasteiger charge is 2.09. The number of nitrogens with one attached hydrogen (secondary N) is 1. The highest BCUT2D eigenvalue weighted by molar-refractivity contribution is 6.31. The minimum Gasteiger partial charge on any atom is -0.393 e. The monoisotopic (exact) mass is 231 g/mol. The number of aromatic nitrogens is 2. The van der Waals surface area contributed by atoms with E-state index in [1.54, 1.807) is 11.6 Å². The molecule has 1 heterocycles. The number of rotatable bonds is 5. The first-order valence-corrected chi connectivity index (χ1v) is 5.47. The number of hydrogen-bond donors (Lipinski definition) is 2. The molecular formula is C10H18ClN3O. The Morgan fingerprint density at radius 1 is 1.60 bits per heavy atom. The summed E-state index contributed by atoms with van der Waals surface area (Å²) in [5.74, 6) is 0. The second-order valence-electron chi connectivity index (χ2n) is 3.78. The lowest BCUT2D eigenvalue weighted by Crippen LogP contribution is -2.20. The molecule has 0 radical (unpaired) electrons. The van der Waals surface area contributed by atoms with Crippen LogP contribution in [0.4, 0.5) is 0 Å². The van der Waals surface area contributed by atoms with E-state index in [1.807, 2.05) is 14.0 Å². The average molecular weight is 232 g/mol. The van der Waals surface area contributed by atoms with Gasteiger partial charge in [-0.3, -0.25) is 4.68 Å². The van der Waals surface area contributed by atoms with Crippen molar-refractivity contribution in [2.75, 3.05) is 6.54 Å². The van der Waals surface area contributed by atoms with Gasteiger partial charge in [0.2, 0.25) is 0 Å². The number of halogens is 1. The molecule has 0 saturated carbocycles. The maximum absolute atomic E-state index is 9.08. The van der Waals surface area contributed by atoms with Crippen LogP contribution in [0.3, 0.4) is 0 Å². The van der Waals surface area contributed by atoms with Crippen molar-refractivity contribution in [2.24, 2.45) is 7.05 Å². The lowest BCUT2D eigenvalue weighted by Gasteiger charge is -2.07. The van der Waals surface area contributed by atoms with Gasteiger partial charge in [-0.05, 0) is 26.8 Å². The minimum atomic E-state index is -0.263. The summed E-state index contributed by atoms with van der Waals surface area (Å²) >= 11 is 6.08. The number of nitrogens with zero attached hydrogens (tertiary/aromatic N) is 2. The third-order valence-electron chi connectivity index (χ3n) is 2.29. The maximum Gasteiger partial charge on any atom is 0.0860 e. The second-order valence-corrected chi connectivity index (χ2v) is 4.16. The van der Waals surface area contributed by atoms with E-state index >= 15 is 0 Å². The van der Waals surface area contributed by atoms with Gasteiger partial charge in [0.05, 0.1) is 22.5 Å². The number of aryl methyl sites for hydroxylation is 2. The van der Waals surface area contributed by atoms with Crippen molar-refractivity contribution in [1.29, 1.82) is 0 Å². The van der Waals surface area contributed by atoms with Gasteiger partial charge in [0.15, 0.2) is 0 Å². The Morgan fingerprint density at radius 3 is 2.73 bits per heavy atom. The van der Waals surface area contributed by atoms with Crippen molar-refractivity contribution < 1.29 is 5.11 Å². The summed E-state index contributed by atoms with van der Waals surface area (Å²) in [6, 6.07) is 0. The molecule has 0 spiro atoms. The lowest BCUT2D eigenvalue weighted by molar-refractivity contribution is 0.183. The SMILES string of the molecule is Cc1nn(C)c(CNCCC(C)O)c1Cl. The number of aliphatic hydroxyl groups excluding tert-OH is 1. The van der Waals surface area contributed by atoms with E-state index in [0.29, 0.717) is 6.54 Å². The molecule has 0 aliphatic carbocycles. The fraction of sp³-hybridized carbons (Fsp3) is 0.700. The Morgan fingerprint density at radius 2 is 2.27 bits per heavy atom. The van der Waals surface area contributed by atoms with Crippen LogP contribution in [0.25, 0.3) is 0 Å². The molecule has 1 atom stereocenters. The summed E-state index contributed by atoms with van der Waals surface area (Å²) in [5, 5.41) is 17.2. The maximum atomic E-state index is 9.08. The van der Waals surface area contributed by atoms with E-state index in [-0.39, 0.29) is 6.10 Å². The molecule has 2 N–H and O–H groups in total. The van der Waals surface area contributed by atoms with Gasteiger partial charge in [0.25, 0.3) is 0 Å². The Labute approximate surface area is 95.2 Å². The molecule has 0 amide bonds. The topological polar surface area (TPSA) is 50.1 Å². The Hall–Kier alpha value is -0.580. The fourth-order valence-electron chi connectivity index (χ4n) is 1.39. The van der Waals surface area contributed by atoms with E-state index in [4.69, 9.17) is 16.7 Å². The third kappa shape index (κ3) is 3.48. The van der Waals surface area contributed by atoms with Crippen molar-refractivity contribution in [2.45, 2.75) is 32.9 Å². The molecule has 1 aromatic rings. The van der Waals surface area contributed by atoms with E-state index in [1.165, 1.54) is 0 Å². The average Bonchev–Trinajstić information content (AvgIpc) is 2.37. The van der Waals surface area contributed by atoms with Gasteiger partial charge in [-0.2, -0.15) is 5.10 Å². The molecule has 0 saturated heterocycles. The van der Waals surface area contributed by atoms with Crippen LogP contribution in [0, 0.1) is 6.92 Å². The van der Waals surface area contributed by atoms with Gasteiger partial charge < -0.3 is 10.4 Å². The third-order valence-corrected chi connectivity index (χ3v) is 2.78. The molecule has 0 aliphatic heterocycles. The largest absolute Gasteiger partial charge is 0.393 e. The number of hydrogen-bond acceptors (Lipinski definition) is 3. The van der Waals surface area contributed by atoms with Crippen molar-refractivity contribution in [3.63, 3.8) is 0 Å². The van der Waals surface area contributed by atoms with Crippen molar-refractivity contribution in [1.82, 2.24) is 15.1 Å². The Kier molecular flexibility index (Phi) is 4.57. The van der Waals surface area contributed by atoms with Crippen LogP contribution in [0.5, 0.6) is 0 Å². The summed E-state index contributed by atoms with van der Waals surface area (Å²) in [6.45, 7) is 5.13. The van der Waals surface area contributed by atoms with Gasteiger partial charge in [-0.1, -0.05) is 11.6 Å². The first kappa shape index (κ1) is 12.5. The number of aliphatic hydroxyl groups is 1. The molecule has 0 aliphatic rings. The predicted octanol–water partition coefficient (Wildman–Crippen LogP) is 1.24. The van der Waals surface area contributed by atoms with Gasteiger partial charge in [-0.15, -0.1) is 0 Å². The van der Waals surface area contributed by atoms with Gasteiger partial charge in [-0.25, -0.2) is 0 Å². The zero-order chi connectivity index (χ0) is 11.4. The molecular weight excluding hydrogens is 214 g/mol. The van der Waals surface area contributed by atoms with E-state index in [2.05, 4.69) is 10.4 Å². The summed E-state index contributed by atoms with van der Waals surface area (Å²) < 4.78 is 1.78. The van der Waals surface area contributed by atoms with Crippen molar-refractivity contribution in [3.8, 4) is 0 Å². The standard InChI is InChI=1S/C10H18ClN3O/c1-7(15)4-5-12-6-9-10(11)8(2)13-14(9)3/h7,12,15H,4-6H2,1-3H3. The fourth-order valence-corrected chi connectivity index (χ4v) is 1.62. The summed E-state index contributed by atoms with van der Waals surface area (Å²) in [5.41, 5.74) is 1.84. The molecule has 0 fully saturated rings. The first-order chi connectivity index (χ1) is 7.02. The van der Waals surface area contributed by atoms with Crippen LogP contribution < -0.4 is 5.32 Å². The summed E-state index contributed by atoms with van der Waals surface area (Å²) in [7, 11) is 1.88. The first-order valence-electron chi connectivity index (χ1n) is 5.09. The normalized spacial score (nSPS) is 13.1. The molecule has 4 nitrogen and oxygen atoms in total. The van der Waals surface area contributed by atoms with E-state index < -0.39 is 0 Å². The van der Waals surface area contributed by atoms with Gasteiger partial charge in [0.1, 0.15) is 0 Å².